The largest absolute Gasteiger partial charge is 0.492 e. The maximum atomic E-state index is 12.3. The molecule has 0 fully saturated rings. The average molecular weight is 310 g/mol. The van der Waals surface area contributed by atoms with Crippen LogP contribution in [0.4, 0.5) is 5.69 Å². The molecular weight excluding hydrogens is 288 g/mol. The van der Waals surface area contributed by atoms with Crippen molar-refractivity contribution in [1.82, 2.24) is 0 Å². The molecule has 23 heavy (non-hydrogen) atoms. The van der Waals surface area contributed by atoms with Crippen LogP contribution in [-0.2, 0) is 4.79 Å². The van der Waals surface area contributed by atoms with Gasteiger partial charge in [0.15, 0.2) is 0 Å². The normalized spacial score (nSPS) is 18.0. The highest BCUT2D eigenvalue weighted by atomic mass is 16.5. The smallest absolute Gasteiger partial charge is 0.234 e. The summed E-state index contributed by atoms with van der Waals surface area (Å²) in [5, 5.41) is 0. The number of hydrogen-bond acceptors (Lipinski definition) is 3. The topological polar surface area (TPSA) is 55.6 Å². The van der Waals surface area contributed by atoms with Gasteiger partial charge < -0.3 is 15.4 Å². The number of benzene rings is 2. The maximum Gasteiger partial charge on any atom is 0.234 e. The van der Waals surface area contributed by atoms with Crippen LogP contribution < -0.4 is 15.4 Å². The second kappa shape index (κ2) is 6.42. The Bertz CT molecular complexity index is 700. The average Bonchev–Trinajstić information content (AvgIpc) is 2.84. The van der Waals surface area contributed by atoms with E-state index < -0.39 is 0 Å². The highest BCUT2D eigenvalue weighted by Crippen LogP contribution is 2.38. The van der Waals surface area contributed by atoms with Gasteiger partial charge in [0, 0.05) is 12.2 Å². The molecule has 1 aliphatic rings. The molecule has 0 saturated heterocycles. The van der Waals surface area contributed by atoms with Crippen LogP contribution in [0, 0.1) is 0 Å². The van der Waals surface area contributed by atoms with Crippen molar-refractivity contribution in [1.29, 1.82) is 0 Å². The molecular formula is C19H22N2O2. The first kappa shape index (κ1) is 15.6. The van der Waals surface area contributed by atoms with E-state index in [9.17, 15) is 4.79 Å². The lowest BCUT2D eigenvalue weighted by Gasteiger charge is -2.17. The molecule has 2 aromatic rings. The highest BCUT2D eigenvalue weighted by Gasteiger charge is 2.33. The van der Waals surface area contributed by atoms with Crippen molar-refractivity contribution < 1.29 is 9.53 Å². The molecule has 4 nitrogen and oxygen atoms in total. The maximum absolute atomic E-state index is 12.3. The zero-order valence-corrected chi connectivity index (χ0v) is 13.5. The molecule has 0 radical (unpaired) electrons. The fraction of sp³-hybridized carbons (Fsp3) is 0.316. The van der Waals surface area contributed by atoms with Crippen LogP contribution in [0.2, 0.25) is 0 Å². The van der Waals surface area contributed by atoms with E-state index in [0.29, 0.717) is 13.2 Å². The van der Waals surface area contributed by atoms with E-state index in [1.165, 1.54) is 0 Å². The predicted molar refractivity (Wildman–Crippen MR) is 91.7 cm³/mol. The molecule has 1 aliphatic heterocycles. The van der Waals surface area contributed by atoms with Crippen molar-refractivity contribution in [3.8, 4) is 5.75 Å². The van der Waals surface area contributed by atoms with E-state index >= 15 is 0 Å². The van der Waals surface area contributed by atoms with Gasteiger partial charge in [0.2, 0.25) is 5.91 Å². The SMILES string of the molecule is CCN1C(=O)C(C)c2cc(C(N)COc3ccccc3)ccc21. The van der Waals surface area contributed by atoms with Gasteiger partial charge in [0.1, 0.15) is 12.4 Å². The van der Waals surface area contributed by atoms with Gasteiger partial charge in [0.25, 0.3) is 0 Å². The van der Waals surface area contributed by atoms with E-state index in [1.54, 1.807) is 0 Å². The lowest BCUT2D eigenvalue weighted by atomic mass is 9.98. The number of likely N-dealkylation sites (N-methyl/N-ethyl adjacent to an activating group) is 1. The second-order valence-electron chi connectivity index (χ2n) is 5.85. The number of para-hydroxylation sites is 1. The van der Waals surface area contributed by atoms with Crippen LogP contribution in [0.3, 0.4) is 0 Å². The van der Waals surface area contributed by atoms with Gasteiger partial charge in [0.05, 0.1) is 12.0 Å². The van der Waals surface area contributed by atoms with E-state index in [2.05, 4.69) is 0 Å². The van der Waals surface area contributed by atoms with Crippen molar-refractivity contribution in [2.75, 3.05) is 18.1 Å². The van der Waals surface area contributed by atoms with Crippen LogP contribution in [0.15, 0.2) is 48.5 Å². The predicted octanol–water partition coefficient (Wildman–Crippen LogP) is 3.24. The summed E-state index contributed by atoms with van der Waals surface area (Å²) in [6.07, 6.45) is 0. The van der Waals surface area contributed by atoms with Gasteiger partial charge >= 0.3 is 0 Å². The third kappa shape index (κ3) is 2.94. The second-order valence-corrected chi connectivity index (χ2v) is 5.85. The van der Waals surface area contributed by atoms with E-state index in [-0.39, 0.29) is 17.9 Å². The summed E-state index contributed by atoms with van der Waals surface area (Å²) in [6, 6.07) is 15.5. The molecule has 0 bridgehead atoms. The van der Waals surface area contributed by atoms with Crippen molar-refractivity contribution in [3.05, 3.63) is 59.7 Å². The van der Waals surface area contributed by atoms with Gasteiger partial charge in [-0.3, -0.25) is 4.79 Å². The van der Waals surface area contributed by atoms with E-state index in [1.807, 2.05) is 67.3 Å². The molecule has 1 heterocycles. The minimum Gasteiger partial charge on any atom is -0.492 e. The van der Waals surface area contributed by atoms with Gasteiger partial charge in [-0.15, -0.1) is 0 Å². The number of anilines is 1. The molecule has 0 aromatic heterocycles. The standard InChI is InChI=1S/C19H22N2O2/c1-3-21-18-10-9-14(11-16(18)13(2)19(21)22)17(20)12-23-15-7-5-4-6-8-15/h4-11,13,17H,3,12,20H2,1-2H3. The Labute approximate surface area is 136 Å². The Kier molecular flexibility index (Phi) is 4.35. The number of fused-ring (bicyclic) bond motifs is 1. The number of rotatable bonds is 5. The van der Waals surface area contributed by atoms with Crippen molar-refractivity contribution >= 4 is 11.6 Å². The summed E-state index contributed by atoms with van der Waals surface area (Å²) >= 11 is 0. The summed E-state index contributed by atoms with van der Waals surface area (Å²) in [6.45, 7) is 5.04. The Morgan fingerprint density at radius 3 is 2.65 bits per heavy atom. The number of amides is 1. The molecule has 0 aliphatic carbocycles. The summed E-state index contributed by atoms with van der Waals surface area (Å²) in [5.41, 5.74) is 9.32. The number of hydrogen-bond donors (Lipinski definition) is 1. The molecule has 120 valence electrons. The highest BCUT2D eigenvalue weighted by molar-refractivity contribution is 6.04. The lowest BCUT2D eigenvalue weighted by molar-refractivity contribution is -0.118. The van der Waals surface area contributed by atoms with Gasteiger partial charge in [-0.2, -0.15) is 0 Å². The Hall–Kier alpha value is -2.33. The van der Waals surface area contributed by atoms with Crippen LogP contribution in [0.25, 0.3) is 0 Å². The number of ether oxygens (including phenoxy) is 1. The molecule has 3 rings (SSSR count). The van der Waals surface area contributed by atoms with Crippen molar-refractivity contribution in [3.63, 3.8) is 0 Å². The molecule has 2 aromatic carbocycles. The monoisotopic (exact) mass is 310 g/mol. The van der Waals surface area contributed by atoms with Crippen molar-refractivity contribution in [2.45, 2.75) is 25.8 Å². The van der Waals surface area contributed by atoms with Gasteiger partial charge in [-0.25, -0.2) is 0 Å². The summed E-state index contributed by atoms with van der Waals surface area (Å²) in [4.78, 5) is 14.1. The molecule has 0 spiro atoms. The molecule has 2 N–H and O–H groups in total. The Morgan fingerprint density at radius 2 is 1.96 bits per heavy atom. The lowest BCUT2D eigenvalue weighted by Crippen LogP contribution is -2.27. The first-order chi connectivity index (χ1) is 11.1. The summed E-state index contributed by atoms with van der Waals surface area (Å²) in [7, 11) is 0. The zero-order chi connectivity index (χ0) is 16.4. The van der Waals surface area contributed by atoms with Crippen LogP contribution in [0.1, 0.15) is 36.9 Å². The van der Waals surface area contributed by atoms with Crippen LogP contribution in [0.5, 0.6) is 5.75 Å². The zero-order valence-electron chi connectivity index (χ0n) is 13.5. The fourth-order valence-electron chi connectivity index (χ4n) is 3.01. The van der Waals surface area contributed by atoms with E-state index in [0.717, 1.165) is 22.6 Å². The summed E-state index contributed by atoms with van der Waals surface area (Å²) in [5.74, 6) is 0.866. The third-order valence-electron chi connectivity index (χ3n) is 4.36. The molecule has 1 amide bonds. The quantitative estimate of drug-likeness (QED) is 0.922. The fourth-order valence-corrected chi connectivity index (χ4v) is 3.01. The van der Waals surface area contributed by atoms with Crippen molar-refractivity contribution in [2.24, 2.45) is 5.73 Å². The van der Waals surface area contributed by atoms with Crippen LogP contribution in [-0.4, -0.2) is 19.1 Å². The first-order valence-corrected chi connectivity index (χ1v) is 8.00. The number of nitrogens with two attached hydrogens (primary N) is 1. The summed E-state index contributed by atoms with van der Waals surface area (Å²) < 4.78 is 5.73. The third-order valence-corrected chi connectivity index (χ3v) is 4.36. The number of carbonyl (C=O) groups excluding carboxylic acids is 1. The number of nitrogens with zero attached hydrogens (tertiary/aromatic N) is 1. The molecule has 0 saturated carbocycles. The van der Waals surface area contributed by atoms with Gasteiger partial charge in [-0.1, -0.05) is 30.3 Å². The molecule has 2 atom stereocenters. The number of carbonyl (C=O) groups is 1. The Balaban J connectivity index is 1.76. The van der Waals surface area contributed by atoms with Crippen LogP contribution >= 0.6 is 0 Å². The van der Waals surface area contributed by atoms with Gasteiger partial charge in [-0.05, 0) is 43.2 Å². The Morgan fingerprint density at radius 1 is 1.22 bits per heavy atom. The minimum atomic E-state index is -0.224. The van der Waals surface area contributed by atoms with E-state index in [4.69, 9.17) is 10.5 Å². The molecule has 2 unspecified atom stereocenters. The molecule has 4 heteroatoms. The first-order valence-electron chi connectivity index (χ1n) is 8.00. The minimum absolute atomic E-state index is 0.104.